The number of carbonyl (C=O) groups is 1. The van der Waals surface area contributed by atoms with Crippen molar-refractivity contribution in [3.8, 4) is 5.88 Å². The number of rotatable bonds is 5. The van der Waals surface area contributed by atoms with Gasteiger partial charge < -0.3 is 9.64 Å². The Morgan fingerprint density at radius 3 is 2.38 bits per heavy atom. The highest BCUT2D eigenvalue weighted by Gasteiger charge is 2.33. The van der Waals surface area contributed by atoms with Gasteiger partial charge in [0.05, 0.1) is 23.0 Å². The van der Waals surface area contributed by atoms with E-state index in [0.29, 0.717) is 29.6 Å². The number of benzene rings is 1. The van der Waals surface area contributed by atoms with Crippen LogP contribution in [0.15, 0.2) is 47.5 Å². The van der Waals surface area contributed by atoms with Crippen molar-refractivity contribution in [2.75, 3.05) is 27.2 Å². The summed E-state index contributed by atoms with van der Waals surface area (Å²) in [5, 5.41) is 0.530. The summed E-state index contributed by atoms with van der Waals surface area (Å²) < 4.78 is 30.9. The van der Waals surface area contributed by atoms with E-state index in [9.17, 15) is 13.2 Å². The number of pyridine rings is 1. The van der Waals surface area contributed by atoms with Crippen molar-refractivity contribution in [3.05, 3.63) is 53.2 Å². The first-order chi connectivity index (χ1) is 12.3. The molecular formula is C17H18ClN3O4S. The van der Waals surface area contributed by atoms with Gasteiger partial charge in [0.25, 0.3) is 5.91 Å². The van der Waals surface area contributed by atoms with Gasteiger partial charge in [0.15, 0.2) is 0 Å². The summed E-state index contributed by atoms with van der Waals surface area (Å²) in [5.74, 6) is 0.299. The van der Waals surface area contributed by atoms with Crippen LogP contribution in [0.2, 0.25) is 5.02 Å². The lowest BCUT2D eigenvalue weighted by molar-refractivity contribution is 0.0160. The summed E-state index contributed by atoms with van der Waals surface area (Å²) in [6.07, 6.45) is 1.38. The molecule has 1 aliphatic heterocycles. The van der Waals surface area contributed by atoms with Crippen molar-refractivity contribution in [2.24, 2.45) is 0 Å². The number of halogens is 1. The number of amides is 1. The van der Waals surface area contributed by atoms with Gasteiger partial charge in [0, 0.05) is 31.9 Å². The lowest BCUT2D eigenvalue weighted by Crippen LogP contribution is -2.56. The zero-order chi connectivity index (χ0) is 18.9. The summed E-state index contributed by atoms with van der Waals surface area (Å²) in [7, 11) is -0.581. The third-order valence-corrected chi connectivity index (χ3v) is 6.06. The molecule has 0 spiro atoms. The summed E-state index contributed by atoms with van der Waals surface area (Å²) in [5.41, 5.74) is 0.436. The number of hydrogen-bond donors (Lipinski definition) is 0. The number of carbonyl (C=O) groups excluding carboxylic acids is 1. The highest BCUT2D eigenvalue weighted by atomic mass is 35.5. The first-order valence-corrected chi connectivity index (χ1v) is 9.69. The molecule has 138 valence electrons. The van der Waals surface area contributed by atoms with Crippen LogP contribution in [0.1, 0.15) is 10.4 Å². The van der Waals surface area contributed by atoms with Crippen LogP contribution in [-0.2, 0) is 10.0 Å². The Kier molecular flexibility index (Phi) is 5.17. The molecule has 2 aromatic rings. The summed E-state index contributed by atoms with van der Waals surface area (Å²) in [6, 6.07) is 9.29. The Morgan fingerprint density at radius 1 is 1.19 bits per heavy atom. The number of hydrogen-bond acceptors (Lipinski definition) is 5. The van der Waals surface area contributed by atoms with E-state index in [4.69, 9.17) is 16.3 Å². The predicted octanol–water partition coefficient (Wildman–Crippen LogP) is 1.89. The van der Waals surface area contributed by atoms with Gasteiger partial charge in [-0.25, -0.2) is 17.7 Å². The van der Waals surface area contributed by atoms with Crippen molar-refractivity contribution < 1.29 is 17.9 Å². The summed E-state index contributed by atoms with van der Waals surface area (Å²) in [6.45, 7) is 0.891. The van der Waals surface area contributed by atoms with E-state index >= 15 is 0 Å². The molecule has 0 radical (unpaired) electrons. The molecule has 1 aliphatic rings. The standard InChI is InChI=1S/C17H18ClN3O4S/c1-20(2)26(23,24)15-6-3-12(4-7-15)17(22)21-10-14(11-21)25-16-8-5-13(18)9-19-16/h3-9,14H,10-11H2,1-2H3. The summed E-state index contributed by atoms with van der Waals surface area (Å²) in [4.78, 5) is 18.3. The fraction of sp³-hybridized carbons (Fsp3) is 0.294. The van der Waals surface area contributed by atoms with Crippen molar-refractivity contribution in [1.82, 2.24) is 14.2 Å². The Labute approximate surface area is 157 Å². The minimum atomic E-state index is -3.51. The second-order valence-electron chi connectivity index (χ2n) is 6.08. The van der Waals surface area contributed by atoms with Gasteiger partial charge in [-0.15, -0.1) is 0 Å². The quantitative estimate of drug-likeness (QED) is 0.772. The maximum absolute atomic E-state index is 12.4. The second-order valence-corrected chi connectivity index (χ2v) is 8.66. The average Bonchev–Trinajstić information content (AvgIpc) is 2.59. The molecule has 1 amide bonds. The molecule has 0 unspecified atom stereocenters. The zero-order valence-electron chi connectivity index (χ0n) is 14.3. The number of aromatic nitrogens is 1. The maximum atomic E-state index is 12.4. The Balaban J connectivity index is 1.58. The van der Waals surface area contributed by atoms with E-state index in [2.05, 4.69) is 4.98 Å². The summed E-state index contributed by atoms with van der Waals surface area (Å²) >= 11 is 5.77. The van der Waals surface area contributed by atoms with E-state index in [1.165, 1.54) is 44.6 Å². The highest BCUT2D eigenvalue weighted by molar-refractivity contribution is 7.89. The van der Waals surface area contributed by atoms with Crippen LogP contribution in [0.3, 0.4) is 0 Å². The Hall–Kier alpha value is -2.16. The van der Waals surface area contributed by atoms with Crippen LogP contribution in [0.4, 0.5) is 0 Å². The third kappa shape index (κ3) is 3.82. The SMILES string of the molecule is CN(C)S(=O)(=O)c1ccc(C(=O)N2CC(Oc3ccc(Cl)cn3)C2)cc1. The van der Waals surface area contributed by atoms with E-state index in [-0.39, 0.29) is 16.9 Å². The molecule has 1 aromatic carbocycles. The molecule has 0 aliphatic carbocycles. The van der Waals surface area contributed by atoms with Gasteiger partial charge in [-0.2, -0.15) is 0 Å². The lowest BCUT2D eigenvalue weighted by Gasteiger charge is -2.38. The Morgan fingerprint density at radius 2 is 1.85 bits per heavy atom. The van der Waals surface area contributed by atoms with Crippen LogP contribution in [-0.4, -0.2) is 61.8 Å². The molecule has 1 fully saturated rings. The highest BCUT2D eigenvalue weighted by Crippen LogP contribution is 2.21. The maximum Gasteiger partial charge on any atom is 0.254 e. The number of likely N-dealkylation sites (tertiary alicyclic amines) is 1. The molecule has 0 saturated carbocycles. The Bertz CT molecular complexity index is 893. The van der Waals surface area contributed by atoms with E-state index in [1.807, 2.05) is 0 Å². The van der Waals surface area contributed by atoms with Crippen molar-refractivity contribution in [2.45, 2.75) is 11.0 Å². The molecular weight excluding hydrogens is 378 g/mol. The number of sulfonamides is 1. The van der Waals surface area contributed by atoms with Crippen LogP contribution in [0.25, 0.3) is 0 Å². The molecule has 0 atom stereocenters. The molecule has 1 aromatic heterocycles. The zero-order valence-corrected chi connectivity index (χ0v) is 15.9. The predicted molar refractivity (Wildman–Crippen MR) is 96.9 cm³/mol. The van der Waals surface area contributed by atoms with Crippen molar-refractivity contribution in [3.63, 3.8) is 0 Å². The van der Waals surface area contributed by atoms with Crippen molar-refractivity contribution in [1.29, 1.82) is 0 Å². The third-order valence-electron chi connectivity index (χ3n) is 4.00. The van der Waals surface area contributed by atoms with Gasteiger partial charge in [-0.05, 0) is 30.3 Å². The van der Waals surface area contributed by atoms with E-state index in [0.717, 1.165) is 4.31 Å². The van der Waals surface area contributed by atoms with Gasteiger partial charge in [0.1, 0.15) is 6.10 Å². The molecule has 1 saturated heterocycles. The van der Waals surface area contributed by atoms with Crippen LogP contribution >= 0.6 is 11.6 Å². The fourth-order valence-corrected chi connectivity index (χ4v) is 3.46. The fourth-order valence-electron chi connectivity index (χ4n) is 2.44. The lowest BCUT2D eigenvalue weighted by atomic mass is 10.1. The average molecular weight is 396 g/mol. The second kappa shape index (κ2) is 7.22. The molecule has 0 N–H and O–H groups in total. The molecule has 0 bridgehead atoms. The van der Waals surface area contributed by atoms with Crippen LogP contribution < -0.4 is 4.74 Å². The molecule has 7 nitrogen and oxygen atoms in total. The minimum absolute atomic E-state index is 0.124. The number of ether oxygens (including phenoxy) is 1. The topological polar surface area (TPSA) is 79.8 Å². The molecule has 26 heavy (non-hydrogen) atoms. The van der Waals surface area contributed by atoms with Gasteiger partial charge in [0.2, 0.25) is 15.9 Å². The first-order valence-electron chi connectivity index (χ1n) is 7.87. The molecule has 2 heterocycles. The largest absolute Gasteiger partial charge is 0.471 e. The van der Waals surface area contributed by atoms with Crippen LogP contribution in [0, 0.1) is 0 Å². The van der Waals surface area contributed by atoms with E-state index < -0.39 is 10.0 Å². The van der Waals surface area contributed by atoms with Gasteiger partial charge in [-0.3, -0.25) is 4.79 Å². The van der Waals surface area contributed by atoms with E-state index in [1.54, 1.807) is 17.0 Å². The van der Waals surface area contributed by atoms with Gasteiger partial charge >= 0.3 is 0 Å². The molecule has 9 heteroatoms. The first kappa shape index (κ1) is 18.6. The number of nitrogens with zero attached hydrogens (tertiary/aromatic N) is 3. The van der Waals surface area contributed by atoms with Gasteiger partial charge in [-0.1, -0.05) is 11.6 Å². The van der Waals surface area contributed by atoms with Crippen molar-refractivity contribution >= 4 is 27.5 Å². The monoisotopic (exact) mass is 395 g/mol. The normalized spacial score (nSPS) is 15.0. The molecule has 3 rings (SSSR count). The minimum Gasteiger partial charge on any atom is -0.471 e. The smallest absolute Gasteiger partial charge is 0.254 e. The van der Waals surface area contributed by atoms with Crippen LogP contribution in [0.5, 0.6) is 5.88 Å².